The summed E-state index contributed by atoms with van der Waals surface area (Å²) in [5, 5.41) is 23.7. The number of piperazine rings is 1. The van der Waals surface area contributed by atoms with E-state index in [0.717, 1.165) is 44.6 Å². The number of aromatic nitrogens is 2. The normalized spacial score (nSPS) is 21.3. The van der Waals surface area contributed by atoms with E-state index in [1.54, 1.807) is 18.2 Å². The van der Waals surface area contributed by atoms with Crippen LogP contribution < -0.4 is 15.5 Å². The number of rotatable bonds is 8. The van der Waals surface area contributed by atoms with Gasteiger partial charge >= 0.3 is 0 Å². The number of nitrogens with zero attached hydrogens (tertiary/aromatic N) is 6. The molecule has 2 aromatic heterocycles. The molecule has 0 spiro atoms. The van der Waals surface area contributed by atoms with Crippen molar-refractivity contribution in [1.29, 1.82) is 5.26 Å². The second kappa shape index (κ2) is 11.8. The van der Waals surface area contributed by atoms with Crippen LogP contribution in [-0.4, -0.2) is 84.2 Å². The minimum Gasteiger partial charge on any atom is -0.388 e. The van der Waals surface area contributed by atoms with E-state index >= 15 is 0 Å². The van der Waals surface area contributed by atoms with Gasteiger partial charge in [-0.15, -0.1) is 0 Å². The lowest BCUT2D eigenvalue weighted by atomic mass is 10.0. The van der Waals surface area contributed by atoms with E-state index in [9.17, 15) is 19.1 Å². The monoisotopic (exact) mass is 539 g/mol. The van der Waals surface area contributed by atoms with Gasteiger partial charge in [-0.1, -0.05) is 6.07 Å². The Morgan fingerprint density at radius 3 is 2.64 bits per heavy atom. The smallest absolute Gasteiger partial charge is 0.171 e. The lowest BCUT2D eigenvalue weighted by Crippen LogP contribution is -2.54. The van der Waals surface area contributed by atoms with E-state index in [1.807, 2.05) is 13.0 Å². The Hall–Kier alpha value is -3.30. The molecule has 2 aliphatic rings. The zero-order valence-corrected chi connectivity index (χ0v) is 22.1. The van der Waals surface area contributed by atoms with Crippen LogP contribution in [0, 0.1) is 23.0 Å². The van der Waals surface area contributed by atoms with Crippen LogP contribution in [0.3, 0.4) is 0 Å². The van der Waals surface area contributed by atoms with Crippen molar-refractivity contribution < 1.29 is 18.6 Å². The number of hydrogen-bond acceptors (Lipinski definition) is 8. The molecule has 2 fully saturated rings. The number of pyridine rings is 1. The van der Waals surface area contributed by atoms with Gasteiger partial charge in [0.05, 0.1) is 30.2 Å². The largest absolute Gasteiger partial charge is 0.388 e. The Morgan fingerprint density at radius 2 is 1.92 bits per heavy atom. The number of anilines is 2. The molecule has 9 nitrogen and oxygen atoms in total. The highest BCUT2D eigenvalue weighted by Gasteiger charge is 2.30. The number of aliphatic hydroxyl groups excluding tert-OH is 1. The Balaban J connectivity index is 1.20. The van der Waals surface area contributed by atoms with Gasteiger partial charge in [0, 0.05) is 57.1 Å². The third kappa shape index (κ3) is 5.84. The summed E-state index contributed by atoms with van der Waals surface area (Å²) in [5.41, 5.74) is 7.92. The Kier molecular flexibility index (Phi) is 8.28. The molecule has 2 saturated heterocycles. The SMILES string of the molecule is CC1CN(c2ccc(C#N)n3ncc(F)c23)CC(CN2CCN(c3ccc(C(O)CCCN)c(F)c3)CC2)O1. The molecule has 39 heavy (non-hydrogen) atoms. The van der Waals surface area contributed by atoms with Crippen LogP contribution in [-0.2, 0) is 4.74 Å². The maximum Gasteiger partial charge on any atom is 0.171 e. The highest BCUT2D eigenvalue weighted by molar-refractivity contribution is 5.74. The fourth-order valence-electron chi connectivity index (χ4n) is 5.66. The third-order valence-corrected chi connectivity index (χ3v) is 7.60. The Morgan fingerprint density at radius 1 is 1.13 bits per heavy atom. The summed E-state index contributed by atoms with van der Waals surface area (Å²) in [6.07, 6.45) is 1.26. The zero-order chi connectivity index (χ0) is 27.5. The van der Waals surface area contributed by atoms with E-state index in [0.29, 0.717) is 49.2 Å². The number of nitrogens with two attached hydrogens (primary N) is 1. The number of hydrogen-bond donors (Lipinski definition) is 2. The van der Waals surface area contributed by atoms with Gasteiger partial charge in [-0.05, 0) is 50.6 Å². The molecule has 3 atom stereocenters. The van der Waals surface area contributed by atoms with Gasteiger partial charge in [-0.25, -0.2) is 13.3 Å². The number of benzene rings is 1. The topological polar surface area (TPSA) is 106 Å². The number of nitriles is 1. The molecule has 11 heteroatoms. The third-order valence-electron chi connectivity index (χ3n) is 7.60. The summed E-state index contributed by atoms with van der Waals surface area (Å²) in [4.78, 5) is 6.61. The van der Waals surface area contributed by atoms with Gasteiger partial charge in [0.1, 0.15) is 23.1 Å². The van der Waals surface area contributed by atoms with Gasteiger partial charge in [0.15, 0.2) is 5.82 Å². The van der Waals surface area contributed by atoms with Crippen molar-refractivity contribution in [3.8, 4) is 6.07 Å². The second-order valence-electron chi connectivity index (χ2n) is 10.4. The fraction of sp³-hybridized carbons (Fsp3) is 0.500. The molecule has 0 saturated carbocycles. The standard InChI is InChI=1S/C28H35F2N7O2/c1-19-16-36(26-7-5-21(14-32)37-28(26)25(30)15-33-37)18-22(39-19)17-34-9-11-35(12-10-34)20-4-6-23(24(29)13-20)27(38)3-2-8-31/h4-7,13,15,19,22,27,38H,2-3,8-12,16-18,31H2,1H3. The quantitative estimate of drug-likeness (QED) is 0.450. The molecule has 3 N–H and O–H groups in total. The number of morpholine rings is 1. The lowest BCUT2D eigenvalue weighted by molar-refractivity contribution is -0.0327. The molecule has 0 aliphatic carbocycles. The van der Waals surface area contributed by atoms with Crippen LogP contribution in [0.1, 0.15) is 37.1 Å². The van der Waals surface area contributed by atoms with Gasteiger partial charge in [-0.3, -0.25) is 4.90 Å². The summed E-state index contributed by atoms with van der Waals surface area (Å²) >= 11 is 0. The highest BCUT2D eigenvalue weighted by atomic mass is 19.1. The van der Waals surface area contributed by atoms with Crippen molar-refractivity contribution >= 4 is 16.9 Å². The maximum atomic E-state index is 14.7. The van der Waals surface area contributed by atoms with Crippen LogP contribution in [0.4, 0.5) is 20.2 Å². The van der Waals surface area contributed by atoms with Gasteiger partial charge < -0.3 is 25.4 Å². The first-order chi connectivity index (χ1) is 18.9. The summed E-state index contributed by atoms with van der Waals surface area (Å²) < 4.78 is 37.0. The fourth-order valence-corrected chi connectivity index (χ4v) is 5.66. The van der Waals surface area contributed by atoms with Crippen molar-refractivity contribution in [1.82, 2.24) is 14.5 Å². The first kappa shape index (κ1) is 27.3. The molecule has 2 aliphatic heterocycles. The molecular formula is C28H35F2N7O2. The minimum atomic E-state index is -0.845. The van der Waals surface area contributed by atoms with Crippen LogP contribution in [0.5, 0.6) is 0 Å². The number of aliphatic hydroxyl groups is 1. The predicted octanol–water partition coefficient (Wildman–Crippen LogP) is 2.67. The van der Waals surface area contributed by atoms with E-state index in [2.05, 4.69) is 25.9 Å². The van der Waals surface area contributed by atoms with E-state index < -0.39 is 17.7 Å². The average molecular weight is 540 g/mol. The number of ether oxygens (including phenoxy) is 1. The Bertz CT molecular complexity index is 1340. The molecule has 5 rings (SSSR count). The average Bonchev–Trinajstić information content (AvgIpc) is 3.33. The van der Waals surface area contributed by atoms with Crippen LogP contribution in [0.25, 0.3) is 5.52 Å². The maximum absolute atomic E-state index is 14.7. The van der Waals surface area contributed by atoms with E-state index in [4.69, 9.17) is 10.5 Å². The van der Waals surface area contributed by atoms with Gasteiger partial charge in [0.2, 0.25) is 0 Å². The van der Waals surface area contributed by atoms with Crippen LogP contribution in [0.15, 0.2) is 36.5 Å². The van der Waals surface area contributed by atoms with E-state index in [1.165, 1.54) is 10.6 Å². The first-order valence-electron chi connectivity index (χ1n) is 13.5. The molecule has 3 aromatic rings. The minimum absolute atomic E-state index is 0.0478. The van der Waals surface area contributed by atoms with Crippen molar-refractivity contribution in [2.24, 2.45) is 5.73 Å². The van der Waals surface area contributed by atoms with Crippen molar-refractivity contribution in [2.75, 3.05) is 62.2 Å². The van der Waals surface area contributed by atoms with Gasteiger partial charge in [-0.2, -0.15) is 10.4 Å². The molecular weight excluding hydrogens is 504 g/mol. The van der Waals surface area contributed by atoms with Crippen molar-refractivity contribution in [2.45, 2.75) is 38.1 Å². The first-order valence-corrected chi connectivity index (χ1v) is 13.5. The molecule has 1 aromatic carbocycles. The molecule has 0 amide bonds. The molecule has 4 heterocycles. The Labute approximate surface area is 227 Å². The number of halogens is 2. The molecule has 0 bridgehead atoms. The van der Waals surface area contributed by atoms with E-state index in [-0.39, 0.29) is 17.9 Å². The summed E-state index contributed by atoms with van der Waals surface area (Å²) in [7, 11) is 0. The van der Waals surface area contributed by atoms with Crippen LogP contribution in [0.2, 0.25) is 0 Å². The van der Waals surface area contributed by atoms with Gasteiger partial charge in [0.25, 0.3) is 0 Å². The summed E-state index contributed by atoms with van der Waals surface area (Å²) in [5.74, 6) is -0.848. The summed E-state index contributed by atoms with van der Waals surface area (Å²) in [6.45, 7) is 7.50. The summed E-state index contributed by atoms with van der Waals surface area (Å²) in [6, 6.07) is 10.6. The highest BCUT2D eigenvalue weighted by Crippen LogP contribution is 2.29. The number of fused-ring (bicyclic) bond motifs is 1. The van der Waals surface area contributed by atoms with Crippen molar-refractivity contribution in [3.63, 3.8) is 0 Å². The molecule has 208 valence electrons. The molecule has 0 radical (unpaired) electrons. The molecule has 3 unspecified atom stereocenters. The second-order valence-corrected chi connectivity index (χ2v) is 10.4. The van der Waals surface area contributed by atoms with Crippen molar-refractivity contribution in [3.05, 3.63) is 59.4 Å². The lowest BCUT2D eigenvalue weighted by Gasteiger charge is -2.42. The predicted molar refractivity (Wildman–Crippen MR) is 145 cm³/mol. The van der Waals surface area contributed by atoms with Crippen LogP contribution >= 0.6 is 0 Å². The zero-order valence-electron chi connectivity index (χ0n) is 22.1.